The van der Waals surface area contributed by atoms with Gasteiger partial charge in [-0.3, -0.25) is 9.59 Å². The number of benzene rings is 1. The van der Waals surface area contributed by atoms with Gasteiger partial charge in [-0.2, -0.15) is 0 Å². The number of nitrogens with zero attached hydrogens (tertiary/aromatic N) is 1. The zero-order valence-corrected chi connectivity index (χ0v) is 12.7. The smallest absolute Gasteiger partial charge is 0.237 e. The Bertz CT molecular complexity index is 518. The molecule has 2 N–H and O–H groups in total. The summed E-state index contributed by atoms with van der Waals surface area (Å²) in [5, 5.41) is 0.678. The van der Waals surface area contributed by atoms with Gasteiger partial charge < -0.3 is 15.4 Å². The number of carbonyl (C=O) groups is 2. The largest absolute Gasteiger partial charge is 0.383 e. The van der Waals surface area contributed by atoms with Gasteiger partial charge in [0, 0.05) is 24.6 Å². The highest BCUT2D eigenvalue weighted by molar-refractivity contribution is 6.30. The van der Waals surface area contributed by atoms with Crippen molar-refractivity contribution in [3.05, 3.63) is 34.9 Å². The maximum Gasteiger partial charge on any atom is 0.237 e. The molecule has 1 saturated carbocycles. The van der Waals surface area contributed by atoms with Crippen molar-refractivity contribution in [2.24, 2.45) is 11.7 Å². The molecule has 2 amide bonds. The fourth-order valence-electron chi connectivity index (χ4n) is 2.44. The van der Waals surface area contributed by atoms with Crippen LogP contribution in [0.5, 0.6) is 0 Å². The summed E-state index contributed by atoms with van der Waals surface area (Å²) in [5.41, 5.74) is 6.30. The number of carbonyl (C=O) groups excluding carboxylic acids is 2. The molecule has 0 spiro atoms. The van der Waals surface area contributed by atoms with E-state index >= 15 is 0 Å². The Morgan fingerprint density at radius 2 is 2.05 bits per heavy atom. The summed E-state index contributed by atoms with van der Waals surface area (Å²) in [7, 11) is 1.56. The first-order valence-electron chi connectivity index (χ1n) is 6.84. The van der Waals surface area contributed by atoms with Crippen LogP contribution in [0, 0.1) is 5.92 Å². The summed E-state index contributed by atoms with van der Waals surface area (Å²) < 4.78 is 4.97. The number of ether oxygens (including phenoxy) is 1. The van der Waals surface area contributed by atoms with Gasteiger partial charge >= 0.3 is 0 Å². The molecule has 0 saturated heterocycles. The number of rotatable bonds is 7. The van der Waals surface area contributed by atoms with Gasteiger partial charge in [0.2, 0.25) is 11.8 Å². The van der Waals surface area contributed by atoms with Crippen molar-refractivity contribution in [1.29, 1.82) is 0 Å². The molecule has 0 bridgehead atoms. The second-order valence-corrected chi connectivity index (χ2v) is 5.66. The lowest BCUT2D eigenvalue weighted by Gasteiger charge is -2.21. The predicted molar refractivity (Wildman–Crippen MR) is 80.0 cm³/mol. The summed E-state index contributed by atoms with van der Waals surface area (Å²) in [6.45, 7) is 0.700. The highest BCUT2D eigenvalue weighted by Gasteiger charge is 2.45. The molecule has 0 unspecified atom stereocenters. The Morgan fingerprint density at radius 1 is 1.38 bits per heavy atom. The number of primary amides is 1. The monoisotopic (exact) mass is 310 g/mol. The van der Waals surface area contributed by atoms with Crippen molar-refractivity contribution in [2.75, 3.05) is 26.8 Å². The molecule has 1 aromatic rings. The lowest BCUT2D eigenvalue weighted by Crippen LogP contribution is -2.41. The van der Waals surface area contributed by atoms with Crippen molar-refractivity contribution in [1.82, 2.24) is 4.90 Å². The number of hydrogen-bond acceptors (Lipinski definition) is 3. The fraction of sp³-hybridized carbons (Fsp3) is 0.467. The normalized spacial score (nSPS) is 20.1. The molecule has 0 heterocycles. The molecular formula is C15H19ClN2O3. The molecule has 2 atom stereocenters. The van der Waals surface area contributed by atoms with E-state index in [1.165, 1.54) is 4.90 Å². The summed E-state index contributed by atoms with van der Waals surface area (Å²) in [4.78, 5) is 25.0. The lowest BCUT2D eigenvalue weighted by molar-refractivity contribution is -0.137. The van der Waals surface area contributed by atoms with Crippen molar-refractivity contribution < 1.29 is 14.3 Å². The minimum atomic E-state index is -0.511. The van der Waals surface area contributed by atoms with Crippen LogP contribution in [0.1, 0.15) is 17.9 Å². The Balaban J connectivity index is 1.98. The molecular weight excluding hydrogens is 292 g/mol. The highest BCUT2D eigenvalue weighted by Crippen LogP contribution is 2.48. The second kappa shape index (κ2) is 6.91. The number of nitrogens with two attached hydrogens (primary N) is 1. The molecule has 1 aliphatic rings. The van der Waals surface area contributed by atoms with E-state index in [0.29, 0.717) is 18.2 Å². The van der Waals surface area contributed by atoms with Gasteiger partial charge in [0.1, 0.15) is 0 Å². The van der Waals surface area contributed by atoms with Crippen molar-refractivity contribution in [3.8, 4) is 0 Å². The van der Waals surface area contributed by atoms with Crippen LogP contribution in [0.3, 0.4) is 0 Å². The minimum absolute atomic E-state index is 0.0363. The lowest BCUT2D eigenvalue weighted by atomic mass is 10.1. The van der Waals surface area contributed by atoms with E-state index < -0.39 is 5.91 Å². The van der Waals surface area contributed by atoms with Gasteiger partial charge in [-0.15, -0.1) is 0 Å². The van der Waals surface area contributed by atoms with Gasteiger partial charge in [-0.05, 0) is 30.0 Å². The van der Waals surface area contributed by atoms with Gasteiger partial charge in [-0.25, -0.2) is 0 Å². The zero-order valence-electron chi connectivity index (χ0n) is 11.9. The molecule has 6 heteroatoms. The molecule has 5 nitrogen and oxygen atoms in total. The van der Waals surface area contributed by atoms with Crippen molar-refractivity contribution in [2.45, 2.75) is 12.3 Å². The molecule has 114 valence electrons. The first-order chi connectivity index (χ1) is 10.0. The molecule has 0 radical (unpaired) electrons. The maximum atomic E-state index is 12.4. The average Bonchev–Trinajstić information content (AvgIpc) is 3.23. The summed E-state index contributed by atoms with van der Waals surface area (Å²) in [6, 6.07) is 7.52. The molecule has 1 aliphatic carbocycles. The van der Waals surface area contributed by atoms with E-state index in [1.807, 2.05) is 24.3 Å². The first-order valence-corrected chi connectivity index (χ1v) is 7.22. The number of hydrogen-bond donors (Lipinski definition) is 1. The summed E-state index contributed by atoms with van der Waals surface area (Å²) in [5.74, 6) is -0.427. The summed E-state index contributed by atoms with van der Waals surface area (Å²) in [6.07, 6.45) is 0.794. The van der Waals surface area contributed by atoms with Gasteiger partial charge in [0.15, 0.2) is 0 Å². The third-order valence-electron chi connectivity index (χ3n) is 3.63. The average molecular weight is 311 g/mol. The Kier molecular flexibility index (Phi) is 5.20. The first kappa shape index (κ1) is 15.8. The maximum absolute atomic E-state index is 12.4. The van der Waals surface area contributed by atoms with E-state index in [1.54, 1.807) is 7.11 Å². The molecule has 2 rings (SSSR count). The van der Waals surface area contributed by atoms with Gasteiger partial charge in [0.25, 0.3) is 0 Å². The molecule has 0 aliphatic heterocycles. The third kappa shape index (κ3) is 4.19. The number of amides is 2. The standard InChI is InChI=1S/C15H19ClN2O3/c1-21-7-6-18(9-14(17)19)15(20)13-8-12(13)10-2-4-11(16)5-3-10/h2-5,12-13H,6-9H2,1H3,(H2,17,19)/t12-,13+/m0/s1. The zero-order chi connectivity index (χ0) is 15.4. The Labute approximate surface area is 129 Å². The number of methoxy groups -OCH3 is 1. The summed E-state index contributed by atoms with van der Waals surface area (Å²) >= 11 is 5.86. The molecule has 1 fully saturated rings. The van der Waals surface area contributed by atoms with Crippen LogP contribution in [0.15, 0.2) is 24.3 Å². The van der Waals surface area contributed by atoms with Crippen LogP contribution >= 0.6 is 11.6 Å². The van der Waals surface area contributed by atoms with Crippen LogP contribution < -0.4 is 5.73 Å². The van der Waals surface area contributed by atoms with Crippen LogP contribution in [0.25, 0.3) is 0 Å². The quantitative estimate of drug-likeness (QED) is 0.827. The third-order valence-corrected chi connectivity index (χ3v) is 3.88. The molecule has 21 heavy (non-hydrogen) atoms. The van der Waals surface area contributed by atoms with Crippen molar-refractivity contribution in [3.63, 3.8) is 0 Å². The van der Waals surface area contributed by atoms with E-state index in [0.717, 1.165) is 12.0 Å². The molecule has 0 aromatic heterocycles. The van der Waals surface area contributed by atoms with Crippen LogP contribution in [0.4, 0.5) is 0 Å². The fourth-order valence-corrected chi connectivity index (χ4v) is 2.56. The van der Waals surface area contributed by atoms with E-state index in [4.69, 9.17) is 22.1 Å². The predicted octanol–water partition coefficient (Wildman–Crippen LogP) is 1.40. The van der Waals surface area contributed by atoms with Crippen LogP contribution in [-0.2, 0) is 14.3 Å². The van der Waals surface area contributed by atoms with E-state index in [2.05, 4.69) is 0 Å². The van der Waals surface area contributed by atoms with Crippen LogP contribution in [-0.4, -0.2) is 43.5 Å². The van der Waals surface area contributed by atoms with E-state index in [9.17, 15) is 9.59 Å². The Hall–Kier alpha value is -1.59. The SMILES string of the molecule is COCCN(CC(N)=O)C(=O)[C@@H]1C[C@H]1c1ccc(Cl)cc1. The molecule has 1 aromatic carbocycles. The highest BCUT2D eigenvalue weighted by atomic mass is 35.5. The minimum Gasteiger partial charge on any atom is -0.383 e. The van der Waals surface area contributed by atoms with Crippen LogP contribution in [0.2, 0.25) is 5.02 Å². The number of halogens is 1. The van der Waals surface area contributed by atoms with E-state index in [-0.39, 0.29) is 24.3 Å². The Morgan fingerprint density at radius 3 is 2.62 bits per heavy atom. The van der Waals surface area contributed by atoms with Crippen molar-refractivity contribution >= 4 is 23.4 Å². The second-order valence-electron chi connectivity index (χ2n) is 5.22. The topological polar surface area (TPSA) is 72.6 Å². The van der Waals surface area contributed by atoms with Gasteiger partial charge in [0.05, 0.1) is 13.2 Å². The van der Waals surface area contributed by atoms with Gasteiger partial charge in [-0.1, -0.05) is 23.7 Å².